The van der Waals surface area contributed by atoms with Crippen LogP contribution in [0.4, 0.5) is 5.69 Å². The third-order valence-corrected chi connectivity index (χ3v) is 1.45. The van der Waals surface area contributed by atoms with E-state index in [1.165, 1.54) is 6.07 Å². The van der Waals surface area contributed by atoms with Gasteiger partial charge in [0.2, 0.25) is 0 Å². The number of nitro groups is 1. The molecule has 0 aliphatic heterocycles. The van der Waals surface area contributed by atoms with Gasteiger partial charge in [0.25, 0.3) is 5.69 Å². The lowest BCUT2D eigenvalue weighted by molar-refractivity contribution is -0.385. The number of aliphatic hydroxyl groups is 1. The molecule has 1 aromatic rings. The van der Waals surface area contributed by atoms with E-state index in [1.807, 2.05) is 13.8 Å². The minimum absolute atomic E-state index is 0.164. The average Bonchev–Trinajstić information content (AvgIpc) is 2.34. The molecule has 0 unspecified atom stereocenters. The van der Waals surface area contributed by atoms with Crippen LogP contribution in [0.15, 0.2) is 12.3 Å². The smallest absolute Gasteiger partial charge is 0.288 e. The first-order chi connectivity index (χ1) is 7.65. The first kappa shape index (κ1) is 16.6. The van der Waals surface area contributed by atoms with Crippen molar-refractivity contribution in [1.29, 1.82) is 0 Å². The number of hydrogen-bond acceptors (Lipinski definition) is 5. The average molecular weight is 228 g/mol. The summed E-state index contributed by atoms with van der Waals surface area (Å²) in [5.74, 6) is 0. The molecule has 0 spiro atoms. The SMILES string of the molecule is CC.CO.Cc1ncc([N+](=O)[O-])cc1C=O. The monoisotopic (exact) mass is 228 g/mol. The van der Waals surface area contributed by atoms with Gasteiger partial charge in [-0.25, -0.2) is 0 Å². The Morgan fingerprint density at radius 2 is 1.94 bits per heavy atom. The van der Waals surface area contributed by atoms with E-state index in [1.54, 1.807) is 6.92 Å². The molecule has 6 nitrogen and oxygen atoms in total. The second kappa shape index (κ2) is 9.72. The first-order valence-corrected chi connectivity index (χ1v) is 4.66. The lowest BCUT2D eigenvalue weighted by atomic mass is 10.2. The van der Waals surface area contributed by atoms with E-state index in [0.29, 0.717) is 12.0 Å². The molecule has 0 atom stereocenters. The molecule has 0 aliphatic rings. The molecule has 0 amide bonds. The second-order valence-electron chi connectivity index (χ2n) is 2.24. The molecule has 0 bridgehead atoms. The maximum Gasteiger partial charge on any atom is 0.288 e. The van der Waals surface area contributed by atoms with Gasteiger partial charge in [-0.05, 0) is 6.92 Å². The lowest BCUT2D eigenvalue weighted by Crippen LogP contribution is -1.95. The van der Waals surface area contributed by atoms with Gasteiger partial charge >= 0.3 is 0 Å². The molecule has 0 saturated heterocycles. The zero-order chi connectivity index (χ0) is 13.1. The van der Waals surface area contributed by atoms with Gasteiger partial charge in [0, 0.05) is 24.4 Å². The van der Waals surface area contributed by atoms with E-state index >= 15 is 0 Å². The fraction of sp³-hybridized carbons (Fsp3) is 0.400. The molecule has 0 aromatic carbocycles. The fourth-order valence-electron chi connectivity index (χ4n) is 0.758. The fourth-order valence-corrected chi connectivity index (χ4v) is 0.758. The maximum atomic E-state index is 10.3. The normalized spacial score (nSPS) is 7.81. The van der Waals surface area contributed by atoms with Gasteiger partial charge in [-0.3, -0.25) is 19.9 Å². The Hall–Kier alpha value is -1.82. The van der Waals surface area contributed by atoms with Crippen molar-refractivity contribution < 1.29 is 14.8 Å². The second-order valence-corrected chi connectivity index (χ2v) is 2.24. The molecule has 0 saturated carbocycles. The van der Waals surface area contributed by atoms with E-state index in [2.05, 4.69) is 4.98 Å². The van der Waals surface area contributed by atoms with Crippen LogP contribution in [0.3, 0.4) is 0 Å². The topological polar surface area (TPSA) is 93.3 Å². The third kappa shape index (κ3) is 5.16. The Kier molecular flexibility index (Phi) is 10.1. The van der Waals surface area contributed by atoms with Crippen molar-refractivity contribution in [3.63, 3.8) is 0 Å². The molecule has 1 N–H and O–H groups in total. The van der Waals surface area contributed by atoms with Crippen molar-refractivity contribution in [3.05, 3.63) is 33.6 Å². The summed E-state index contributed by atoms with van der Waals surface area (Å²) in [7, 11) is 1.00. The number of nitrogens with zero attached hydrogens (tertiary/aromatic N) is 2. The molecule has 1 heterocycles. The molecule has 1 aromatic heterocycles. The van der Waals surface area contributed by atoms with E-state index in [0.717, 1.165) is 13.3 Å². The van der Waals surface area contributed by atoms with Crippen molar-refractivity contribution in [2.75, 3.05) is 7.11 Å². The number of aryl methyl sites for hydroxylation is 1. The molecule has 1 rings (SSSR count). The van der Waals surface area contributed by atoms with E-state index in [9.17, 15) is 14.9 Å². The number of aldehydes is 1. The number of hydrogen-bond donors (Lipinski definition) is 1. The number of pyridine rings is 1. The van der Waals surface area contributed by atoms with Crippen molar-refractivity contribution in [2.45, 2.75) is 20.8 Å². The largest absolute Gasteiger partial charge is 0.400 e. The van der Waals surface area contributed by atoms with Gasteiger partial charge in [0.05, 0.1) is 4.92 Å². The molecule has 6 heteroatoms. The Balaban J connectivity index is 0. The summed E-state index contributed by atoms with van der Waals surface area (Å²) in [5.41, 5.74) is 0.586. The van der Waals surface area contributed by atoms with Crippen molar-refractivity contribution >= 4 is 12.0 Å². The van der Waals surface area contributed by atoms with Gasteiger partial charge in [-0.2, -0.15) is 0 Å². The zero-order valence-corrected chi connectivity index (χ0v) is 9.80. The first-order valence-electron chi connectivity index (χ1n) is 4.66. The summed E-state index contributed by atoms with van der Waals surface area (Å²) in [6, 6.07) is 1.20. The van der Waals surface area contributed by atoms with Crippen LogP contribution in [-0.2, 0) is 0 Å². The Morgan fingerprint density at radius 3 is 2.31 bits per heavy atom. The van der Waals surface area contributed by atoms with Crippen LogP contribution < -0.4 is 0 Å². The van der Waals surface area contributed by atoms with Crippen LogP contribution in [0.1, 0.15) is 29.9 Å². The van der Waals surface area contributed by atoms with Crippen LogP contribution in [-0.4, -0.2) is 28.4 Å². The number of carbonyl (C=O) groups excluding carboxylic acids is 1. The van der Waals surface area contributed by atoms with Gasteiger partial charge in [0.15, 0.2) is 6.29 Å². The zero-order valence-electron chi connectivity index (χ0n) is 9.80. The standard InChI is InChI=1S/C7H6N2O3.C2H6.CH4O/c1-5-6(4-10)2-7(3-8-5)9(11)12;2*1-2/h2-4H,1H3;1-2H3;2H,1H3. The molecular weight excluding hydrogens is 212 g/mol. The van der Waals surface area contributed by atoms with Crippen molar-refractivity contribution in [3.8, 4) is 0 Å². The van der Waals surface area contributed by atoms with E-state index in [4.69, 9.17) is 5.11 Å². The summed E-state index contributed by atoms with van der Waals surface area (Å²) in [6.45, 7) is 5.62. The van der Waals surface area contributed by atoms with Gasteiger partial charge in [-0.15, -0.1) is 0 Å². The summed E-state index contributed by atoms with van der Waals surface area (Å²) in [5, 5.41) is 17.2. The van der Waals surface area contributed by atoms with Crippen LogP contribution >= 0.6 is 0 Å². The number of rotatable bonds is 2. The van der Waals surface area contributed by atoms with E-state index < -0.39 is 4.92 Å². The Morgan fingerprint density at radius 1 is 1.44 bits per heavy atom. The van der Waals surface area contributed by atoms with Crippen LogP contribution in [0, 0.1) is 17.0 Å². The molecule has 0 fully saturated rings. The van der Waals surface area contributed by atoms with E-state index in [-0.39, 0.29) is 11.3 Å². The lowest BCUT2D eigenvalue weighted by Gasteiger charge is -1.95. The number of aromatic nitrogens is 1. The summed E-state index contributed by atoms with van der Waals surface area (Å²) < 4.78 is 0. The third-order valence-electron chi connectivity index (χ3n) is 1.45. The predicted molar refractivity (Wildman–Crippen MR) is 60.5 cm³/mol. The quantitative estimate of drug-likeness (QED) is 0.472. The molecule has 0 aliphatic carbocycles. The number of aliphatic hydroxyl groups excluding tert-OH is 1. The van der Waals surface area contributed by atoms with Gasteiger partial charge < -0.3 is 5.11 Å². The van der Waals surface area contributed by atoms with Gasteiger partial charge in [0.1, 0.15) is 6.20 Å². The summed E-state index contributed by atoms with van der Waals surface area (Å²) in [6.07, 6.45) is 1.68. The van der Waals surface area contributed by atoms with Crippen molar-refractivity contribution in [2.24, 2.45) is 0 Å². The van der Waals surface area contributed by atoms with Crippen molar-refractivity contribution in [1.82, 2.24) is 4.98 Å². The molecule has 16 heavy (non-hydrogen) atoms. The highest BCUT2D eigenvalue weighted by Gasteiger charge is 2.08. The molecular formula is C10H16N2O4. The Bertz CT molecular complexity index is 340. The minimum Gasteiger partial charge on any atom is -0.400 e. The highest BCUT2D eigenvalue weighted by atomic mass is 16.6. The maximum absolute atomic E-state index is 10.3. The summed E-state index contributed by atoms with van der Waals surface area (Å²) >= 11 is 0. The van der Waals surface area contributed by atoms with Gasteiger partial charge in [-0.1, -0.05) is 13.8 Å². The Labute approximate surface area is 94.1 Å². The minimum atomic E-state index is -0.584. The van der Waals surface area contributed by atoms with Crippen LogP contribution in [0.25, 0.3) is 0 Å². The summed E-state index contributed by atoms with van der Waals surface area (Å²) in [4.78, 5) is 23.7. The molecule has 90 valence electrons. The van der Waals surface area contributed by atoms with Crippen LogP contribution in [0.2, 0.25) is 0 Å². The highest BCUT2D eigenvalue weighted by Crippen LogP contribution is 2.12. The highest BCUT2D eigenvalue weighted by molar-refractivity contribution is 5.77. The number of carbonyl (C=O) groups is 1. The predicted octanol–water partition coefficient (Wildman–Crippen LogP) is 1.75. The van der Waals surface area contributed by atoms with Crippen LogP contribution in [0.5, 0.6) is 0 Å². The molecule has 0 radical (unpaired) electrons.